The van der Waals surface area contributed by atoms with E-state index in [0.29, 0.717) is 15.7 Å². The summed E-state index contributed by atoms with van der Waals surface area (Å²) in [5.41, 5.74) is 2.46. The number of benzene rings is 1. The van der Waals surface area contributed by atoms with Crippen LogP contribution in [0.5, 0.6) is 0 Å². The van der Waals surface area contributed by atoms with Gasteiger partial charge in [0, 0.05) is 28.6 Å². The lowest BCUT2D eigenvalue weighted by molar-refractivity contribution is 0.539. The smallest absolute Gasteiger partial charge is 0.176 e. The molecule has 2 aromatic rings. The molecule has 0 saturated heterocycles. The van der Waals surface area contributed by atoms with Crippen molar-refractivity contribution in [2.24, 2.45) is 9.98 Å². The van der Waals surface area contributed by atoms with E-state index < -0.39 is 5.66 Å². The van der Waals surface area contributed by atoms with Gasteiger partial charge in [-0.2, -0.15) is 0 Å². The molecule has 0 amide bonds. The topological polar surface area (TPSA) is 50.5 Å². The van der Waals surface area contributed by atoms with Crippen molar-refractivity contribution in [2.45, 2.75) is 19.5 Å². The molecule has 3 rings (SSSR count). The molecule has 0 aliphatic carbocycles. The van der Waals surface area contributed by atoms with Gasteiger partial charge in [-0.1, -0.05) is 23.2 Å². The van der Waals surface area contributed by atoms with E-state index in [1.54, 1.807) is 24.5 Å². The molecule has 1 aromatic heterocycles. The average molecular weight is 319 g/mol. The summed E-state index contributed by atoms with van der Waals surface area (Å²) in [6.45, 7) is 3.83. The number of nitrogens with zero attached hydrogens (tertiary/aromatic N) is 4. The summed E-state index contributed by atoms with van der Waals surface area (Å²) < 4.78 is 0. The maximum absolute atomic E-state index is 6.30. The zero-order valence-corrected chi connectivity index (χ0v) is 13.0. The molecule has 1 atom stereocenters. The Morgan fingerprint density at radius 1 is 1.19 bits per heavy atom. The van der Waals surface area contributed by atoms with E-state index in [1.165, 1.54) is 6.33 Å². The number of hydrogen-bond donors (Lipinski definition) is 0. The molecule has 0 N–H and O–H groups in total. The van der Waals surface area contributed by atoms with Gasteiger partial charge in [0.2, 0.25) is 0 Å². The molecule has 106 valence electrons. The molecular weight excluding hydrogens is 307 g/mol. The second-order valence-corrected chi connectivity index (χ2v) is 5.79. The quantitative estimate of drug-likeness (QED) is 0.834. The molecule has 1 unspecified atom stereocenters. The van der Waals surface area contributed by atoms with Crippen molar-refractivity contribution in [3.05, 3.63) is 46.3 Å². The summed E-state index contributed by atoms with van der Waals surface area (Å²) >= 11 is 12.3. The summed E-state index contributed by atoms with van der Waals surface area (Å²) in [6.07, 6.45) is 4.97. The number of halogens is 2. The van der Waals surface area contributed by atoms with E-state index in [4.69, 9.17) is 23.2 Å². The van der Waals surface area contributed by atoms with Crippen LogP contribution in [-0.2, 0) is 5.66 Å². The fourth-order valence-corrected chi connectivity index (χ4v) is 2.82. The zero-order valence-electron chi connectivity index (χ0n) is 11.5. The lowest BCUT2D eigenvalue weighted by atomic mass is 9.98. The molecule has 0 spiro atoms. The Morgan fingerprint density at radius 3 is 2.67 bits per heavy atom. The molecule has 21 heavy (non-hydrogen) atoms. The van der Waals surface area contributed by atoms with Gasteiger partial charge in [-0.25, -0.2) is 9.97 Å². The van der Waals surface area contributed by atoms with E-state index in [9.17, 15) is 0 Å². The number of aromatic nitrogens is 2. The molecule has 1 aliphatic heterocycles. The first-order valence-electron chi connectivity index (χ1n) is 6.37. The van der Waals surface area contributed by atoms with Gasteiger partial charge in [0.1, 0.15) is 6.33 Å². The van der Waals surface area contributed by atoms with Crippen LogP contribution in [0.3, 0.4) is 0 Å². The van der Waals surface area contributed by atoms with Crippen LogP contribution in [0.15, 0.2) is 40.7 Å². The number of rotatable bonds is 2. The van der Waals surface area contributed by atoms with Crippen molar-refractivity contribution in [3.63, 3.8) is 0 Å². The highest BCUT2D eigenvalue weighted by Crippen LogP contribution is 2.38. The Kier molecular flexibility index (Phi) is 3.51. The number of hydrogen-bond acceptors (Lipinski definition) is 4. The molecule has 0 bridgehead atoms. The van der Waals surface area contributed by atoms with Gasteiger partial charge in [0.05, 0.1) is 16.4 Å². The van der Waals surface area contributed by atoms with Gasteiger partial charge in [0.15, 0.2) is 5.66 Å². The predicted octanol–water partition coefficient (Wildman–Crippen LogP) is 4.17. The highest BCUT2D eigenvalue weighted by molar-refractivity contribution is 6.36. The minimum Gasteiger partial charge on any atom is -0.257 e. The first-order valence-corrected chi connectivity index (χ1v) is 7.13. The predicted molar refractivity (Wildman–Crippen MR) is 86.4 cm³/mol. The summed E-state index contributed by atoms with van der Waals surface area (Å²) in [4.78, 5) is 17.5. The van der Waals surface area contributed by atoms with Gasteiger partial charge < -0.3 is 0 Å². The Hall–Kier alpha value is -1.78. The van der Waals surface area contributed by atoms with Crippen LogP contribution in [0, 0.1) is 0 Å². The first kappa shape index (κ1) is 14.2. The summed E-state index contributed by atoms with van der Waals surface area (Å²) in [5.74, 6) is 0. The summed E-state index contributed by atoms with van der Waals surface area (Å²) in [7, 11) is 0. The van der Waals surface area contributed by atoms with Gasteiger partial charge in [-0.3, -0.25) is 9.98 Å². The van der Waals surface area contributed by atoms with E-state index in [1.807, 2.05) is 19.9 Å². The standard InChI is InChI=1S/C15H12Cl2N4/c1-9-6-20-15(2,21-9)12-7-18-8-19-14(12)11-4-3-10(16)5-13(11)17/h3-8H,1-2H3. The Balaban J connectivity index is 2.20. The van der Waals surface area contributed by atoms with Gasteiger partial charge in [-0.05, 0) is 32.0 Å². The lowest BCUT2D eigenvalue weighted by Gasteiger charge is -2.20. The van der Waals surface area contributed by atoms with E-state index >= 15 is 0 Å². The SMILES string of the molecule is CC1=NC(C)(c2cncnc2-c2ccc(Cl)cc2Cl)N=C1. The number of aliphatic imine (C=N–C) groups is 2. The second kappa shape index (κ2) is 5.20. The Bertz CT molecular complexity index is 770. The van der Waals surface area contributed by atoms with E-state index in [0.717, 1.165) is 16.8 Å². The average Bonchev–Trinajstić information content (AvgIpc) is 2.80. The van der Waals surface area contributed by atoms with Crippen LogP contribution >= 0.6 is 23.2 Å². The molecule has 2 heterocycles. The van der Waals surface area contributed by atoms with Gasteiger partial charge >= 0.3 is 0 Å². The third-order valence-corrected chi connectivity index (χ3v) is 3.85. The minimum atomic E-state index is -0.719. The van der Waals surface area contributed by atoms with Crippen molar-refractivity contribution in [1.29, 1.82) is 0 Å². The van der Waals surface area contributed by atoms with E-state index in [2.05, 4.69) is 20.0 Å². The van der Waals surface area contributed by atoms with Crippen LogP contribution < -0.4 is 0 Å². The normalized spacial score (nSPS) is 20.7. The third kappa shape index (κ3) is 2.57. The molecule has 4 nitrogen and oxygen atoms in total. The maximum Gasteiger partial charge on any atom is 0.176 e. The van der Waals surface area contributed by atoms with Crippen molar-refractivity contribution >= 4 is 35.1 Å². The van der Waals surface area contributed by atoms with Crippen molar-refractivity contribution in [2.75, 3.05) is 0 Å². The highest BCUT2D eigenvalue weighted by atomic mass is 35.5. The molecule has 6 heteroatoms. The van der Waals surface area contributed by atoms with Crippen LogP contribution in [0.4, 0.5) is 0 Å². The maximum atomic E-state index is 6.30. The van der Waals surface area contributed by atoms with Crippen LogP contribution in [0.25, 0.3) is 11.3 Å². The van der Waals surface area contributed by atoms with Gasteiger partial charge in [0.25, 0.3) is 0 Å². The molecule has 0 fully saturated rings. The molecular formula is C15H12Cl2N4. The van der Waals surface area contributed by atoms with Crippen LogP contribution in [0.1, 0.15) is 19.4 Å². The van der Waals surface area contributed by atoms with Crippen LogP contribution in [-0.4, -0.2) is 21.9 Å². The Labute approximate surface area is 132 Å². The van der Waals surface area contributed by atoms with Gasteiger partial charge in [-0.15, -0.1) is 0 Å². The first-order chi connectivity index (χ1) is 9.99. The van der Waals surface area contributed by atoms with Crippen molar-refractivity contribution in [1.82, 2.24) is 9.97 Å². The largest absolute Gasteiger partial charge is 0.257 e. The van der Waals surface area contributed by atoms with E-state index in [-0.39, 0.29) is 0 Å². The second-order valence-electron chi connectivity index (χ2n) is 4.94. The highest BCUT2D eigenvalue weighted by Gasteiger charge is 2.32. The molecule has 1 aromatic carbocycles. The summed E-state index contributed by atoms with van der Waals surface area (Å²) in [5, 5.41) is 1.12. The fourth-order valence-electron chi connectivity index (χ4n) is 2.32. The summed E-state index contributed by atoms with van der Waals surface area (Å²) in [6, 6.07) is 5.32. The molecule has 1 aliphatic rings. The zero-order chi connectivity index (χ0) is 15.0. The fraction of sp³-hybridized carbons (Fsp3) is 0.200. The lowest BCUT2D eigenvalue weighted by Crippen LogP contribution is -2.16. The van der Waals surface area contributed by atoms with Crippen molar-refractivity contribution < 1.29 is 0 Å². The third-order valence-electron chi connectivity index (χ3n) is 3.31. The van der Waals surface area contributed by atoms with Crippen molar-refractivity contribution in [3.8, 4) is 11.3 Å². The molecule has 0 saturated carbocycles. The molecule has 0 radical (unpaired) electrons. The Morgan fingerprint density at radius 2 is 2.00 bits per heavy atom. The van der Waals surface area contributed by atoms with Crippen LogP contribution in [0.2, 0.25) is 10.0 Å². The minimum absolute atomic E-state index is 0.536. The monoisotopic (exact) mass is 318 g/mol.